The number of unbranched alkanes of at least 4 members (excludes halogenated alkanes) is 1. The van der Waals surface area contributed by atoms with Gasteiger partial charge in [-0.25, -0.2) is 0 Å². The SMILES string of the molecule is CCCCOc1cc(C2=CCCCC2)nnc1C. The highest BCUT2D eigenvalue weighted by molar-refractivity contribution is 5.64. The quantitative estimate of drug-likeness (QED) is 0.738. The Morgan fingerprint density at radius 1 is 1.28 bits per heavy atom. The lowest BCUT2D eigenvalue weighted by Gasteiger charge is -2.13. The van der Waals surface area contributed by atoms with Crippen LogP contribution in [0.5, 0.6) is 5.75 Å². The first-order valence-corrected chi connectivity index (χ1v) is 6.97. The van der Waals surface area contributed by atoms with E-state index in [0.29, 0.717) is 0 Å². The maximum absolute atomic E-state index is 5.78. The largest absolute Gasteiger partial charge is 0.492 e. The Morgan fingerprint density at radius 3 is 2.89 bits per heavy atom. The standard InChI is InChI=1S/C15H22N2O/c1-3-4-10-18-15-11-14(17-16-12(15)2)13-8-6-5-7-9-13/h8,11H,3-7,9-10H2,1-2H3. The van der Waals surface area contributed by atoms with E-state index in [4.69, 9.17) is 4.74 Å². The minimum Gasteiger partial charge on any atom is -0.492 e. The van der Waals surface area contributed by atoms with Crippen LogP contribution in [0.25, 0.3) is 5.57 Å². The van der Waals surface area contributed by atoms with Crippen LogP contribution in [0.4, 0.5) is 0 Å². The van der Waals surface area contributed by atoms with Crippen LogP contribution in [0.3, 0.4) is 0 Å². The average molecular weight is 246 g/mol. The van der Waals surface area contributed by atoms with Crippen molar-refractivity contribution in [3.8, 4) is 5.75 Å². The molecule has 0 aromatic carbocycles. The van der Waals surface area contributed by atoms with Crippen LogP contribution >= 0.6 is 0 Å². The molecule has 0 radical (unpaired) electrons. The second-order valence-electron chi connectivity index (χ2n) is 4.86. The van der Waals surface area contributed by atoms with Crippen molar-refractivity contribution in [2.45, 2.75) is 52.4 Å². The summed E-state index contributed by atoms with van der Waals surface area (Å²) in [6.45, 7) is 4.88. The zero-order valence-corrected chi connectivity index (χ0v) is 11.4. The van der Waals surface area contributed by atoms with E-state index in [1.807, 2.05) is 6.92 Å². The van der Waals surface area contributed by atoms with Crippen molar-refractivity contribution in [2.24, 2.45) is 0 Å². The van der Waals surface area contributed by atoms with Gasteiger partial charge in [0.05, 0.1) is 12.3 Å². The fourth-order valence-corrected chi connectivity index (χ4v) is 2.14. The van der Waals surface area contributed by atoms with E-state index in [-0.39, 0.29) is 0 Å². The minimum atomic E-state index is 0.765. The van der Waals surface area contributed by atoms with E-state index in [1.165, 1.54) is 18.4 Å². The molecule has 98 valence electrons. The van der Waals surface area contributed by atoms with Crippen LogP contribution in [-0.4, -0.2) is 16.8 Å². The maximum Gasteiger partial charge on any atom is 0.144 e. The highest BCUT2D eigenvalue weighted by Crippen LogP contribution is 2.27. The zero-order valence-electron chi connectivity index (χ0n) is 11.4. The normalized spacial score (nSPS) is 15.3. The third-order valence-electron chi connectivity index (χ3n) is 3.31. The number of hydrogen-bond acceptors (Lipinski definition) is 3. The summed E-state index contributed by atoms with van der Waals surface area (Å²) < 4.78 is 5.78. The summed E-state index contributed by atoms with van der Waals surface area (Å²) in [7, 11) is 0. The van der Waals surface area contributed by atoms with Crippen molar-refractivity contribution < 1.29 is 4.74 Å². The topological polar surface area (TPSA) is 35.0 Å². The molecule has 0 amide bonds. The van der Waals surface area contributed by atoms with E-state index < -0.39 is 0 Å². The lowest BCUT2D eigenvalue weighted by atomic mass is 9.97. The van der Waals surface area contributed by atoms with Crippen molar-refractivity contribution >= 4 is 5.57 Å². The van der Waals surface area contributed by atoms with Crippen LogP contribution in [0.15, 0.2) is 12.1 Å². The number of ether oxygens (including phenoxy) is 1. The van der Waals surface area contributed by atoms with Crippen LogP contribution < -0.4 is 4.74 Å². The smallest absolute Gasteiger partial charge is 0.144 e. The Labute approximate surface area is 109 Å². The first-order chi connectivity index (χ1) is 8.81. The van der Waals surface area contributed by atoms with Crippen molar-refractivity contribution in [3.63, 3.8) is 0 Å². The van der Waals surface area contributed by atoms with Crippen LogP contribution in [-0.2, 0) is 0 Å². The molecule has 1 aromatic rings. The maximum atomic E-state index is 5.78. The van der Waals surface area contributed by atoms with Gasteiger partial charge in [-0.2, -0.15) is 10.2 Å². The highest BCUT2D eigenvalue weighted by atomic mass is 16.5. The van der Waals surface area contributed by atoms with Crippen LogP contribution in [0.2, 0.25) is 0 Å². The number of hydrogen-bond donors (Lipinski definition) is 0. The van der Waals surface area contributed by atoms with Gasteiger partial charge in [0.2, 0.25) is 0 Å². The molecule has 0 fully saturated rings. The Bertz CT molecular complexity index is 427. The number of rotatable bonds is 5. The van der Waals surface area contributed by atoms with Crippen molar-refractivity contribution in [1.82, 2.24) is 10.2 Å². The van der Waals surface area contributed by atoms with Gasteiger partial charge in [0.15, 0.2) is 0 Å². The monoisotopic (exact) mass is 246 g/mol. The van der Waals surface area contributed by atoms with Gasteiger partial charge < -0.3 is 4.74 Å². The van der Waals surface area contributed by atoms with E-state index in [9.17, 15) is 0 Å². The van der Waals surface area contributed by atoms with Gasteiger partial charge in [0.1, 0.15) is 11.4 Å². The number of aryl methyl sites for hydroxylation is 1. The fourth-order valence-electron chi connectivity index (χ4n) is 2.14. The summed E-state index contributed by atoms with van der Waals surface area (Å²) >= 11 is 0. The second-order valence-corrected chi connectivity index (χ2v) is 4.86. The van der Waals surface area contributed by atoms with Gasteiger partial charge in [-0.15, -0.1) is 0 Å². The molecule has 0 saturated heterocycles. The van der Waals surface area contributed by atoms with E-state index in [1.54, 1.807) is 0 Å². The van der Waals surface area contributed by atoms with E-state index in [0.717, 1.165) is 49.4 Å². The van der Waals surface area contributed by atoms with E-state index >= 15 is 0 Å². The molecule has 0 aliphatic heterocycles. The minimum absolute atomic E-state index is 0.765. The molecule has 0 bridgehead atoms. The van der Waals surface area contributed by atoms with Gasteiger partial charge in [0, 0.05) is 6.07 Å². The fraction of sp³-hybridized carbons (Fsp3) is 0.600. The summed E-state index contributed by atoms with van der Waals surface area (Å²) in [5.74, 6) is 0.889. The Balaban J connectivity index is 2.12. The molecular weight excluding hydrogens is 224 g/mol. The summed E-state index contributed by atoms with van der Waals surface area (Å²) in [5.41, 5.74) is 3.20. The molecule has 0 unspecified atom stereocenters. The second kappa shape index (κ2) is 6.53. The molecule has 1 heterocycles. The van der Waals surface area contributed by atoms with E-state index in [2.05, 4.69) is 29.3 Å². The van der Waals surface area contributed by atoms with Gasteiger partial charge in [-0.1, -0.05) is 19.4 Å². The number of aromatic nitrogens is 2. The molecule has 18 heavy (non-hydrogen) atoms. The number of allylic oxidation sites excluding steroid dienone is 2. The molecule has 0 spiro atoms. The molecule has 2 rings (SSSR count). The molecule has 0 N–H and O–H groups in total. The lowest BCUT2D eigenvalue weighted by Crippen LogP contribution is -2.03. The molecule has 1 aliphatic carbocycles. The zero-order chi connectivity index (χ0) is 12.8. The van der Waals surface area contributed by atoms with Crippen LogP contribution in [0.1, 0.15) is 56.8 Å². The highest BCUT2D eigenvalue weighted by Gasteiger charge is 2.11. The van der Waals surface area contributed by atoms with Gasteiger partial charge in [0.25, 0.3) is 0 Å². The molecule has 1 aliphatic rings. The Morgan fingerprint density at radius 2 is 2.17 bits per heavy atom. The summed E-state index contributed by atoms with van der Waals surface area (Å²) in [5, 5.41) is 8.51. The number of nitrogens with zero attached hydrogens (tertiary/aromatic N) is 2. The molecule has 0 atom stereocenters. The molecule has 1 aromatic heterocycles. The third-order valence-corrected chi connectivity index (χ3v) is 3.31. The summed E-state index contributed by atoms with van der Waals surface area (Å²) in [6.07, 6.45) is 9.35. The van der Waals surface area contributed by atoms with Crippen LogP contribution in [0, 0.1) is 6.92 Å². The molecule has 3 heteroatoms. The van der Waals surface area contributed by atoms with Crippen molar-refractivity contribution in [2.75, 3.05) is 6.61 Å². The molecule has 0 saturated carbocycles. The third kappa shape index (κ3) is 3.31. The van der Waals surface area contributed by atoms with Gasteiger partial charge in [-0.05, 0) is 44.6 Å². The van der Waals surface area contributed by atoms with Crippen molar-refractivity contribution in [3.05, 3.63) is 23.5 Å². The first kappa shape index (κ1) is 13.1. The molecule has 3 nitrogen and oxygen atoms in total. The first-order valence-electron chi connectivity index (χ1n) is 6.97. The van der Waals surface area contributed by atoms with Crippen molar-refractivity contribution in [1.29, 1.82) is 0 Å². The average Bonchev–Trinajstić information content (AvgIpc) is 2.42. The summed E-state index contributed by atoms with van der Waals surface area (Å²) in [4.78, 5) is 0. The Hall–Kier alpha value is -1.38. The summed E-state index contributed by atoms with van der Waals surface area (Å²) in [6, 6.07) is 2.05. The predicted octanol–water partition coefficient (Wildman–Crippen LogP) is 3.92. The Kier molecular flexibility index (Phi) is 4.73. The lowest BCUT2D eigenvalue weighted by molar-refractivity contribution is 0.305. The van der Waals surface area contributed by atoms with Gasteiger partial charge in [-0.3, -0.25) is 0 Å². The van der Waals surface area contributed by atoms with Gasteiger partial charge >= 0.3 is 0 Å². The predicted molar refractivity (Wildman–Crippen MR) is 73.6 cm³/mol. The molecular formula is C15H22N2O.